The van der Waals surface area contributed by atoms with E-state index >= 15 is 0 Å². The highest BCUT2D eigenvalue weighted by Gasteiger charge is 2.33. The summed E-state index contributed by atoms with van der Waals surface area (Å²) in [6.45, 7) is 0.501. The van der Waals surface area contributed by atoms with Crippen LogP contribution in [-0.4, -0.2) is 23.7 Å². The van der Waals surface area contributed by atoms with E-state index in [4.69, 9.17) is 28.9 Å². The van der Waals surface area contributed by atoms with Crippen LogP contribution in [0.2, 0.25) is 10.0 Å². The summed E-state index contributed by atoms with van der Waals surface area (Å²) in [6.07, 6.45) is 4.20. The molecular weight excluding hydrogens is 351 g/mol. The van der Waals surface area contributed by atoms with E-state index in [9.17, 15) is 4.79 Å². The molecule has 118 valence electrons. The van der Waals surface area contributed by atoms with Crippen molar-refractivity contribution in [1.82, 2.24) is 5.32 Å². The van der Waals surface area contributed by atoms with Crippen LogP contribution in [-0.2, 0) is 4.79 Å². The van der Waals surface area contributed by atoms with Crippen molar-refractivity contribution >= 4 is 53.3 Å². The quantitative estimate of drug-likeness (QED) is 0.774. The largest absolute Gasteiger partial charge is 0.349 e. The topological polar surface area (TPSA) is 55.1 Å². The number of nitrogens with two attached hydrogens (primary N) is 1. The molecule has 1 aromatic carbocycles. The Morgan fingerprint density at radius 2 is 2.00 bits per heavy atom. The van der Waals surface area contributed by atoms with Gasteiger partial charge in [-0.05, 0) is 31.0 Å². The van der Waals surface area contributed by atoms with Gasteiger partial charge in [0.15, 0.2) is 0 Å². The average Bonchev–Trinajstić information content (AvgIpc) is 2.89. The van der Waals surface area contributed by atoms with E-state index in [1.807, 2.05) is 0 Å². The molecule has 3 nitrogen and oxygen atoms in total. The van der Waals surface area contributed by atoms with Gasteiger partial charge in [0.2, 0.25) is 5.91 Å². The van der Waals surface area contributed by atoms with Crippen LogP contribution in [0.1, 0.15) is 25.7 Å². The maximum absolute atomic E-state index is 12.1. The first-order chi connectivity index (χ1) is 9.54. The first-order valence-corrected chi connectivity index (χ1v) is 8.38. The van der Waals surface area contributed by atoms with Crippen molar-refractivity contribution in [3.63, 3.8) is 0 Å². The molecule has 0 aliphatic heterocycles. The summed E-state index contributed by atoms with van der Waals surface area (Å²) < 4.78 is 0. The lowest BCUT2D eigenvalue weighted by Crippen LogP contribution is -2.52. The van der Waals surface area contributed by atoms with Gasteiger partial charge in [0, 0.05) is 16.5 Å². The summed E-state index contributed by atoms with van der Waals surface area (Å²) in [7, 11) is 0. The molecule has 3 N–H and O–H groups in total. The van der Waals surface area contributed by atoms with Crippen molar-refractivity contribution in [1.29, 1.82) is 0 Å². The second-order valence-corrected chi connectivity index (χ2v) is 6.96. The zero-order valence-corrected chi connectivity index (χ0v) is 14.7. The van der Waals surface area contributed by atoms with Crippen LogP contribution < -0.4 is 11.1 Å². The lowest BCUT2D eigenvalue weighted by Gasteiger charge is -2.28. The maximum Gasteiger partial charge on any atom is 0.230 e. The molecule has 0 radical (unpaired) electrons. The Kier molecular flexibility index (Phi) is 7.65. The number of hydrogen-bond donors (Lipinski definition) is 2. The minimum Gasteiger partial charge on any atom is -0.349 e. The normalized spacial score (nSPS) is 16.3. The Bertz CT molecular complexity index is 493. The third kappa shape index (κ3) is 5.22. The van der Waals surface area contributed by atoms with Gasteiger partial charge in [0.1, 0.15) is 0 Å². The standard InChI is InChI=1S/C14H18Cl2N2OS.ClH/c15-10-3-4-11(16)12(7-10)20-8-13(19)18-14(9-17)5-1-2-6-14;/h3-4,7H,1-2,5-6,8-9,17H2,(H,18,19);1H. The van der Waals surface area contributed by atoms with Gasteiger partial charge in [-0.3, -0.25) is 4.79 Å². The van der Waals surface area contributed by atoms with E-state index < -0.39 is 0 Å². The fraction of sp³-hybridized carbons (Fsp3) is 0.500. The number of halogens is 3. The van der Waals surface area contributed by atoms with Crippen LogP contribution in [0.25, 0.3) is 0 Å². The third-order valence-electron chi connectivity index (χ3n) is 3.61. The number of thioether (sulfide) groups is 1. The number of rotatable bonds is 5. The second kappa shape index (κ2) is 8.49. The zero-order chi connectivity index (χ0) is 14.6. The fourth-order valence-electron chi connectivity index (χ4n) is 2.49. The molecule has 0 saturated heterocycles. The maximum atomic E-state index is 12.1. The number of amides is 1. The summed E-state index contributed by atoms with van der Waals surface area (Å²) in [5.41, 5.74) is 5.61. The van der Waals surface area contributed by atoms with Gasteiger partial charge < -0.3 is 11.1 Å². The van der Waals surface area contributed by atoms with Gasteiger partial charge >= 0.3 is 0 Å². The Balaban J connectivity index is 0.00000220. The molecule has 0 aromatic heterocycles. The Labute approximate surface area is 145 Å². The van der Waals surface area contributed by atoms with E-state index in [0.29, 0.717) is 22.3 Å². The molecule has 1 aliphatic carbocycles. The number of hydrogen-bond acceptors (Lipinski definition) is 3. The molecule has 0 spiro atoms. The van der Waals surface area contributed by atoms with Crippen molar-refractivity contribution in [3.8, 4) is 0 Å². The van der Waals surface area contributed by atoms with Crippen LogP contribution in [0, 0.1) is 0 Å². The van der Waals surface area contributed by atoms with Crippen molar-refractivity contribution in [2.75, 3.05) is 12.3 Å². The van der Waals surface area contributed by atoms with Gasteiger partial charge in [-0.1, -0.05) is 36.0 Å². The predicted octanol–water partition coefficient (Wildman–Crippen LogP) is 3.90. The Hall–Kier alpha value is -0.130. The van der Waals surface area contributed by atoms with E-state index in [1.54, 1.807) is 18.2 Å². The molecule has 0 bridgehead atoms. The number of carbonyl (C=O) groups excluding carboxylic acids is 1. The first kappa shape index (κ1) is 18.9. The van der Waals surface area contributed by atoms with Crippen molar-refractivity contribution in [2.45, 2.75) is 36.1 Å². The molecular formula is C14H19Cl3N2OS. The van der Waals surface area contributed by atoms with Gasteiger partial charge in [-0.15, -0.1) is 24.2 Å². The molecule has 0 heterocycles. The minimum absolute atomic E-state index is 0. The van der Waals surface area contributed by atoms with Gasteiger partial charge in [-0.25, -0.2) is 0 Å². The van der Waals surface area contributed by atoms with Gasteiger partial charge in [0.25, 0.3) is 0 Å². The SMILES string of the molecule is Cl.NCC1(NC(=O)CSc2cc(Cl)ccc2Cl)CCCC1. The van der Waals surface area contributed by atoms with E-state index in [-0.39, 0.29) is 23.9 Å². The van der Waals surface area contributed by atoms with Crippen LogP contribution in [0.5, 0.6) is 0 Å². The molecule has 7 heteroatoms. The second-order valence-electron chi connectivity index (χ2n) is 5.10. The average molecular weight is 370 g/mol. The van der Waals surface area contributed by atoms with E-state index in [2.05, 4.69) is 5.32 Å². The molecule has 1 aromatic rings. The van der Waals surface area contributed by atoms with Crippen LogP contribution in [0.15, 0.2) is 23.1 Å². The fourth-order valence-corrected chi connectivity index (χ4v) is 3.79. The number of benzene rings is 1. The van der Waals surface area contributed by atoms with Crippen molar-refractivity contribution < 1.29 is 4.79 Å². The molecule has 1 aliphatic rings. The summed E-state index contributed by atoms with van der Waals surface area (Å²) in [5, 5.41) is 4.32. The lowest BCUT2D eigenvalue weighted by molar-refractivity contribution is -0.120. The molecule has 21 heavy (non-hydrogen) atoms. The monoisotopic (exact) mass is 368 g/mol. The van der Waals surface area contributed by atoms with E-state index in [0.717, 1.165) is 30.6 Å². The Morgan fingerprint density at radius 3 is 2.62 bits per heavy atom. The highest BCUT2D eigenvalue weighted by atomic mass is 35.5. The highest BCUT2D eigenvalue weighted by molar-refractivity contribution is 8.00. The third-order valence-corrected chi connectivity index (χ3v) is 5.34. The minimum atomic E-state index is -0.199. The lowest BCUT2D eigenvalue weighted by atomic mass is 9.98. The number of carbonyl (C=O) groups is 1. The summed E-state index contributed by atoms with van der Waals surface area (Å²) in [6, 6.07) is 5.24. The highest BCUT2D eigenvalue weighted by Crippen LogP contribution is 2.31. The summed E-state index contributed by atoms with van der Waals surface area (Å²) in [4.78, 5) is 12.9. The van der Waals surface area contributed by atoms with E-state index in [1.165, 1.54) is 11.8 Å². The van der Waals surface area contributed by atoms with Crippen LogP contribution >= 0.6 is 47.4 Å². The molecule has 1 amide bonds. The van der Waals surface area contributed by atoms with Crippen molar-refractivity contribution in [3.05, 3.63) is 28.2 Å². The summed E-state index contributed by atoms with van der Waals surface area (Å²) >= 11 is 13.4. The first-order valence-electron chi connectivity index (χ1n) is 6.64. The molecule has 1 saturated carbocycles. The molecule has 0 atom stereocenters. The number of nitrogens with one attached hydrogen (secondary N) is 1. The smallest absolute Gasteiger partial charge is 0.230 e. The van der Waals surface area contributed by atoms with Crippen molar-refractivity contribution in [2.24, 2.45) is 5.73 Å². The van der Waals surface area contributed by atoms with Crippen LogP contribution in [0.3, 0.4) is 0 Å². The Morgan fingerprint density at radius 1 is 1.33 bits per heavy atom. The predicted molar refractivity (Wildman–Crippen MR) is 92.8 cm³/mol. The van der Waals surface area contributed by atoms with Gasteiger partial charge in [0.05, 0.1) is 16.3 Å². The summed E-state index contributed by atoms with van der Waals surface area (Å²) in [5.74, 6) is 0.320. The molecule has 0 unspecified atom stereocenters. The zero-order valence-electron chi connectivity index (χ0n) is 11.5. The molecule has 2 rings (SSSR count). The van der Waals surface area contributed by atoms with Gasteiger partial charge in [-0.2, -0.15) is 0 Å². The van der Waals surface area contributed by atoms with Crippen LogP contribution in [0.4, 0.5) is 0 Å². The molecule has 1 fully saturated rings.